The molecule has 0 aliphatic rings. The van der Waals surface area contributed by atoms with Crippen LogP contribution in [0.5, 0.6) is 0 Å². The van der Waals surface area contributed by atoms with E-state index in [1.165, 1.54) is 11.3 Å². The Morgan fingerprint density at radius 2 is 2.10 bits per heavy atom. The van der Waals surface area contributed by atoms with E-state index in [4.69, 9.17) is 0 Å². The molecule has 0 bridgehead atoms. The molecule has 0 N–H and O–H groups in total. The molecule has 0 saturated carbocycles. The predicted molar refractivity (Wildman–Crippen MR) is 90.1 cm³/mol. The standard InChI is InChI=1S/C16H15BrN2OS/c1-2-9-19-12-6-4-3-5-11(12)18-16(19)10-13(20)14-7-8-15(17)21-14/h3-8H,2,9-10H2,1H3. The van der Waals surface area contributed by atoms with Gasteiger partial charge in [0.25, 0.3) is 0 Å². The van der Waals surface area contributed by atoms with E-state index in [1.807, 2.05) is 30.3 Å². The van der Waals surface area contributed by atoms with E-state index in [2.05, 4.69) is 38.5 Å². The number of imidazole rings is 1. The second-order valence-corrected chi connectivity index (χ2v) is 7.34. The minimum atomic E-state index is 0.123. The summed E-state index contributed by atoms with van der Waals surface area (Å²) in [5.74, 6) is 0.978. The summed E-state index contributed by atoms with van der Waals surface area (Å²) in [4.78, 5) is 17.8. The molecule has 0 unspecified atom stereocenters. The Morgan fingerprint density at radius 3 is 2.81 bits per heavy atom. The Balaban J connectivity index is 1.96. The molecule has 5 heteroatoms. The van der Waals surface area contributed by atoms with Crippen LogP contribution in [-0.4, -0.2) is 15.3 Å². The first-order chi connectivity index (χ1) is 10.2. The molecule has 3 rings (SSSR count). The Bertz CT molecular complexity index is 791. The Labute approximate surface area is 135 Å². The zero-order valence-electron chi connectivity index (χ0n) is 11.7. The third kappa shape index (κ3) is 2.94. The van der Waals surface area contributed by atoms with E-state index in [0.717, 1.165) is 38.5 Å². The summed E-state index contributed by atoms with van der Waals surface area (Å²) in [6.07, 6.45) is 1.37. The zero-order chi connectivity index (χ0) is 14.8. The van der Waals surface area contributed by atoms with Crippen molar-refractivity contribution in [2.45, 2.75) is 26.3 Å². The maximum absolute atomic E-state index is 12.4. The molecule has 0 saturated heterocycles. The van der Waals surface area contributed by atoms with Crippen molar-refractivity contribution in [3.63, 3.8) is 0 Å². The first-order valence-electron chi connectivity index (χ1n) is 6.91. The van der Waals surface area contributed by atoms with Gasteiger partial charge in [0.05, 0.1) is 26.1 Å². The molecule has 0 fully saturated rings. The summed E-state index contributed by atoms with van der Waals surface area (Å²) >= 11 is 4.87. The molecule has 0 atom stereocenters. The van der Waals surface area contributed by atoms with Crippen molar-refractivity contribution in [2.24, 2.45) is 0 Å². The molecule has 108 valence electrons. The summed E-state index contributed by atoms with van der Waals surface area (Å²) in [5.41, 5.74) is 2.07. The second-order valence-electron chi connectivity index (χ2n) is 4.87. The number of carbonyl (C=O) groups is 1. The SMILES string of the molecule is CCCn1c(CC(=O)c2ccc(Br)s2)nc2ccccc21. The zero-order valence-corrected chi connectivity index (χ0v) is 14.1. The number of nitrogens with zero attached hydrogens (tertiary/aromatic N) is 2. The van der Waals surface area contributed by atoms with E-state index in [1.54, 1.807) is 0 Å². The van der Waals surface area contributed by atoms with Gasteiger partial charge >= 0.3 is 0 Å². The van der Waals surface area contributed by atoms with Crippen LogP contribution in [0.25, 0.3) is 11.0 Å². The molecule has 3 aromatic rings. The van der Waals surface area contributed by atoms with Crippen LogP contribution in [0.2, 0.25) is 0 Å². The van der Waals surface area contributed by atoms with Gasteiger partial charge in [0.15, 0.2) is 5.78 Å². The van der Waals surface area contributed by atoms with E-state index >= 15 is 0 Å². The van der Waals surface area contributed by atoms with Gasteiger partial charge in [-0.25, -0.2) is 4.98 Å². The normalized spacial score (nSPS) is 11.1. The van der Waals surface area contributed by atoms with Gasteiger partial charge in [-0.1, -0.05) is 19.1 Å². The summed E-state index contributed by atoms with van der Waals surface area (Å²) < 4.78 is 3.14. The molecule has 0 aliphatic carbocycles. The van der Waals surface area contributed by atoms with Gasteiger partial charge in [-0.05, 0) is 46.6 Å². The van der Waals surface area contributed by atoms with Crippen LogP contribution in [0.15, 0.2) is 40.2 Å². The minimum Gasteiger partial charge on any atom is -0.328 e. The number of aromatic nitrogens is 2. The number of para-hydroxylation sites is 2. The van der Waals surface area contributed by atoms with E-state index in [-0.39, 0.29) is 5.78 Å². The molecule has 0 radical (unpaired) electrons. The lowest BCUT2D eigenvalue weighted by atomic mass is 10.2. The third-order valence-electron chi connectivity index (χ3n) is 3.35. The van der Waals surface area contributed by atoms with Crippen molar-refractivity contribution in [2.75, 3.05) is 0 Å². The maximum atomic E-state index is 12.4. The molecule has 0 amide bonds. The van der Waals surface area contributed by atoms with Crippen LogP contribution in [0, 0.1) is 0 Å². The quantitative estimate of drug-likeness (QED) is 0.616. The van der Waals surface area contributed by atoms with Crippen LogP contribution in [0.4, 0.5) is 0 Å². The highest BCUT2D eigenvalue weighted by atomic mass is 79.9. The number of rotatable bonds is 5. The second kappa shape index (κ2) is 6.12. The lowest BCUT2D eigenvalue weighted by Gasteiger charge is -2.06. The molecule has 1 aromatic carbocycles. The third-order valence-corrected chi connectivity index (χ3v) is 5.01. The number of aryl methyl sites for hydroxylation is 1. The van der Waals surface area contributed by atoms with Crippen molar-refractivity contribution in [1.29, 1.82) is 0 Å². The molecule has 3 nitrogen and oxygen atoms in total. The average molecular weight is 363 g/mol. The number of hydrogen-bond donors (Lipinski definition) is 0. The first kappa shape index (κ1) is 14.5. The highest BCUT2D eigenvalue weighted by molar-refractivity contribution is 9.11. The van der Waals surface area contributed by atoms with Gasteiger partial charge in [0, 0.05) is 6.54 Å². The Kier molecular flexibility index (Phi) is 4.22. The number of hydrogen-bond acceptors (Lipinski definition) is 3. The van der Waals surface area contributed by atoms with Crippen molar-refractivity contribution >= 4 is 44.1 Å². The Morgan fingerprint density at radius 1 is 1.29 bits per heavy atom. The van der Waals surface area contributed by atoms with Crippen LogP contribution in [0.3, 0.4) is 0 Å². The largest absolute Gasteiger partial charge is 0.328 e. The number of halogens is 1. The molecule has 0 aliphatic heterocycles. The van der Waals surface area contributed by atoms with Crippen molar-refractivity contribution in [1.82, 2.24) is 9.55 Å². The summed E-state index contributed by atoms with van der Waals surface area (Å²) in [7, 11) is 0. The smallest absolute Gasteiger partial charge is 0.180 e. The fourth-order valence-electron chi connectivity index (χ4n) is 2.43. The van der Waals surface area contributed by atoms with Crippen molar-refractivity contribution in [3.8, 4) is 0 Å². The number of benzene rings is 1. The van der Waals surface area contributed by atoms with Gasteiger partial charge in [0.1, 0.15) is 5.82 Å². The van der Waals surface area contributed by atoms with E-state index < -0.39 is 0 Å². The molecule has 21 heavy (non-hydrogen) atoms. The molecule has 2 aromatic heterocycles. The first-order valence-corrected chi connectivity index (χ1v) is 8.52. The van der Waals surface area contributed by atoms with Gasteiger partial charge in [-0.15, -0.1) is 11.3 Å². The van der Waals surface area contributed by atoms with Gasteiger partial charge < -0.3 is 4.57 Å². The number of Topliss-reactive ketones (excluding diaryl/α,β-unsaturated/α-hetero) is 1. The summed E-state index contributed by atoms with van der Waals surface area (Å²) in [5, 5.41) is 0. The molecule has 0 spiro atoms. The number of thiophene rings is 1. The van der Waals surface area contributed by atoms with Crippen LogP contribution < -0.4 is 0 Å². The number of carbonyl (C=O) groups excluding carboxylic acids is 1. The fourth-order valence-corrected chi connectivity index (χ4v) is 3.75. The lowest BCUT2D eigenvalue weighted by molar-refractivity contribution is 0.0993. The van der Waals surface area contributed by atoms with Crippen molar-refractivity contribution < 1.29 is 4.79 Å². The summed E-state index contributed by atoms with van der Waals surface area (Å²) in [6.45, 7) is 3.02. The summed E-state index contributed by atoms with van der Waals surface area (Å²) in [6, 6.07) is 11.8. The predicted octanol–water partition coefficient (Wildman–Crippen LogP) is 4.70. The van der Waals surface area contributed by atoms with Gasteiger partial charge in [0.2, 0.25) is 0 Å². The molecule has 2 heterocycles. The Hall–Kier alpha value is -1.46. The fraction of sp³-hybridized carbons (Fsp3) is 0.250. The van der Waals surface area contributed by atoms with Crippen LogP contribution in [-0.2, 0) is 13.0 Å². The highest BCUT2D eigenvalue weighted by Crippen LogP contribution is 2.24. The highest BCUT2D eigenvalue weighted by Gasteiger charge is 2.16. The maximum Gasteiger partial charge on any atom is 0.180 e. The van der Waals surface area contributed by atoms with Gasteiger partial charge in [-0.3, -0.25) is 4.79 Å². The monoisotopic (exact) mass is 362 g/mol. The molecular weight excluding hydrogens is 348 g/mol. The van der Waals surface area contributed by atoms with E-state index in [0.29, 0.717) is 6.42 Å². The number of ketones is 1. The number of fused-ring (bicyclic) bond motifs is 1. The lowest BCUT2D eigenvalue weighted by Crippen LogP contribution is -2.09. The van der Waals surface area contributed by atoms with Gasteiger partial charge in [-0.2, -0.15) is 0 Å². The van der Waals surface area contributed by atoms with Crippen LogP contribution >= 0.6 is 27.3 Å². The topological polar surface area (TPSA) is 34.9 Å². The minimum absolute atomic E-state index is 0.123. The van der Waals surface area contributed by atoms with E-state index in [9.17, 15) is 4.79 Å². The molecular formula is C16H15BrN2OS. The average Bonchev–Trinajstić information content (AvgIpc) is 3.04. The van der Waals surface area contributed by atoms with Crippen molar-refractivity contribution in [3.05, 3.63) is 50.9 Å². The van der Waals surface area contributed by atoms with Crippen LogP contribution in [0.1, 0.15) is 28.8 Å².